The average molecular weight is 351 g/mol. The third-order valence-corrected chi connectivity index (χ3v) is 3.81. The van der Waals surface area contributed by atoms with Crippen LogP contribution in [-0.4, -0.2) is 33.5 Å². The molecule has 0 saturated heterocycles. The predicted octanol–water partition coefficient (Wildman–Crippen LogP) is 2.40. The summed E-state index contributed by atoms with van der Waals surface area (Å²) in [5.41, 5.74) is 1.71. The molecule has 0 radical (unpaired) electrons. The van der Waals surface area contributed by atoms with Gasteiger partial charge in [-0.15, -0.1) is 0 Å². The number of hydrogen-bond donors (Lipinski definition) is 2. The molecule has 3 rings (SSSR count). The molecular weight excluding hydrogens is 334 g/mol. The number of aliphatic hydroxyl groups excluding tert-OH is 1. The summed E-state index contributed by atoms with van der Waals surface area (Å²) in [6.45, 7) is 1.10. The highest BCUT2D eigenvalue weighted by atomic mass is 16.5. The molecule has 7 nitrogen and oxygen atoms in total. The molecule has 2 N–H and O–H groups in total. The summed E-state index contributed by atoms with van der Waals surface area (Å²) in [6.07, 6.45) is 0. The molecular formula is C19H17N3O4. The number of aromatic nitrogens is 2. The van der Waals surface area contributed by atoms with Crippen molar-refractivity contribution in [3.8, 4) is 11.4 Å². The van der Waals surface area contributed by atoms with E-state index >= 15 is 0 Å². The van der Waals surface area contributed by atoms with Crippen molar-refractivity contribution in [3.05, 3.63) is 71.6 Å². The monoisotopic (exact) mass is 351 g/mol. The van der Waals surface area contributed by atoms with Crippen molar-refractivity contribution in [2.24, 2.45) is 0 Å². The van der Waals surface area contributed by atoms with Crippen molar-refractivity contribution in [1.29, 1.82) is 0 Å². The molecule has 0 unspecified atom stereocenters. The minimum absolute atomic E-state index is 0.0330. The zero-order valence-electron chi connectivity index (χ0n) is 14.0. The number of nitrogens with one attached hydrogen (secondary N) is 1. The van der Waals surface area contributed by atoms with E-state index in [0.717, 1.165) is 0 Å². The Kier molecular flexibility index (Phi) is 5.19. The molecule has 0 spiro atoms. The number of carbonyl (C=O) groups is 2. The average Bonchev–Trinajstić information content (AvgIpc) is 3.16. The lowest BCUT2D eigenvalue weighted by molar-refractivity contribution is 0.0901. The second-order valence-corrected chi connectivity index (χ2v) is 5.66. The van der Waals surface area contributed by atoms with Crippen LogP contribution in [-0.2, 0) is 0 Å². The van der Waals surface area contributed by atoms with Crippen molar-refractivity contribution in [3.63, 3.8) is 0 Å². The summed E-state index contributed by atoms with van der Waals surface area (Å²) in [6, 6.07) is 14.6. The van der Waals surface area contributed by atoms with Crippen molar-refractivity contribution in [2.45, 2.75) is 13.0 Å². The molecule has 0 fully saturated rings. The number of ketones is 1. The summed E-state index contributed by atoms with van der Waals surface area (Å²) < 4.78 is 5.18. The van der Waals surface area contributed by atoms with Gasteiger partial charge in [0.2, 0.25) is 5.82 Å². The number of nitrogens with zero attached hydrogens (tertiary/aromatic N) is 2. The number of rotatable bonds is 6. The van der Waals surface area contributed by atoms with Gasteiger partial charge in [-0.2, -0.15) is 4.98 Å². The van der Waals surface area contributed by atoms with Crippen molar-refractivity contribution >= 4 is 11.7 Å². The third-order valence-electron chi connectivity index (χ3n) is 3.81. The van der Waals surface area contributed by atoms with Crippen LogP contribution >= 0.6 is 0 Å². The fourth-order valence-corrected chi connectivity index (χ4v) is 2.36. The van der Waals surface area contributed by atoms with Gasteiger partial charge < -0.3 is 14.9 Å². The molecule has 2 aromatic carbocycles. The Hall–Kier alpha value is -3.32. The van der Waals surface area contributed by atoms with Crippen LogP contribution in [0.25, 0.3) is 11.4 Å². The summed E-state index contributed by atoms with van der Waals surface area (Å²) in [4.78, 5) is 27.8. The van der Waals surface area contributed by atoms with E-state index in [2.05, 4.69) is 15.5 Å². The molecule has 1 amide bonds. The summed E-state index contributed by atoms with van der Waals surface area (Å²) in [5.74, 6) is 0.0227. The molecule has 0 aliphatic heterocycles. The minimum Gasteiger partial charge on any atom is -0.394 e. The van der Waals surface area contributed by atoms with Crippen LogP contribution in [0.15, 0.2) is 59.1 Å². The SMILES string of the molecule is CC(=O)c1ccc(-c2noc([C@H](CO)NC(=O)c3ccccc3)n2)cc1. The molecule has 26 heavy (non-hydrogen) atoms. The van der Waals surface area contributed by atoms with Gasteiger partial charge in [0.1, 0.15) is 6.04 Å². The molecule has 7 heteroatoms. The van der Waals surface area contributed by atoms with Crippen LogP contribution in [0.4, 0.5) is 0 Å². The number of benzene rings is 2. The van der Waals surface area contributed by atoms with Crippen LogP contribution in [0.3, 0.4) is 0 Å². The lowest BCUT2D eigenvalue weighted by atomic mass is 10.1. The Bertz CT molecular complexity index is 904. The number of amides is 1. The Morgan fingerprint density at radius 2 is 1.77 bits per heavy atom. The smallest absolute Gasteiger partial charge is 0.251 e. The third kappa shape index (κ3) is 3.84. The Balaban J connectivity index is 1.76. The Morgan fingerprint density at radius 3 is 2.38 bits per heavy atom. The molecule has 0 bridgehead atoms. The van der Waals surface area contributed by atoms with Gasteiger partial charge in [0, 0.05) is 16.7 Å². The molecule has 1 atom stereocenters. The first-order chi connectivity index (χ1) is 12.6. The van der Waals surface area contributed by atoms with Crippen molar-refractivity contribution in [2.75, 3.05) is 6.61 Å². The van der Waals surface area contributed by atoms with E-state index in [9.17, 15) is 14.7 Å². The zero-order chi connectivity index (χ0) is 18.5. The summed E-state index contributed by atoms with van der Waals surface area (Å²) in [7, 11) is 0. The molecule has 0 saturated carbocycles. The maximum Gasteiger partial charge on any atom is 0.251 e. The van der Waals surface area contributed by atoms with Gasteiger partial charge in [0.15, 0.2) is 5.78 Å². The van der Waals surface area contributed by atoms with E-state index in [4.69, 9.17) is 4.52 Å². The van der Waals surface area contributed by atoms with E-state index in [1.807, 2.05) is 6.07 Å². The van der Waals surface area contributed by atoms with Gasteiger partial charge in [0.25, 0.3) is 11.8 Å². The first kappa shape index (κ1) is 17.5. The van der Waals surface area contributed by atoms with Crippen molar-refractivity contribution in [1.82, 2.24) is 15.5 Å². The lowest BCUT2D eigenvalue weighted by Gasteiger charge is -2.11. The molecule has 0 aliphatic carbocycles. The number of aliphatic hydroxyl groups is 1. The van der Waals surface area contributed by atoms with Gasteiger partial charge in [-0.25, -0.2) is 0 Å². The first-order valence-electron chi connectivity index (χ1n) is 8.00. The predicted molar refractivity (Wildman–Crippen MR) is 93.5 cm³/mol. The van der Waals surface area contributed by atoms with Gasteiger partial charge in [-0.05, 0) is 19.1 Å². The lowest BCUT2D eigenvalue weighted by Crippen LogP contribution is -2.31. The number of Topliss-reactive ketones (excluding diaryl/α,β-unsaturated/α-hetero) is 1. The summed E-state index contributed by atoms with van der Waals surface area (Å²) >= 11 is 0. The minimum atomic E-state index is -0.819. The second-order valence-electron chi connectivity index (χ2n) is 5.66. The molecule has 1 aromatic heterocycles. The molecule has 132 valence electrons. The van der Waals surface area contributed by atoms with Gasteiger partial charge in [-0.3, -0.25) is 9.59 Å². The number of carbonyl (C=O) groups excluding carboxylic acids is 2. The van der Waals surface area contributed by atoms with Crippen LogP contribution in [0.5, 0.6) is 0 Å². The molecule has 1 heterocycles. The van der Waals surface area contributed by atoms with Crippen LogP contribution < -0.4 is 5.32 Å². The van der Waals surface area contributed by atoms with E-state index < -0.39 is 6.04 Å². The Labute approximate surface area is 149 Å². The zero-order valence-corrected chi connectivity index (χ0v) is 14.0. The molecule has 3 aromatic rings. The second kappa shape index (κ2) is 7.71. The fraction of sp³-hybridized carbons (Fsp3) is 0.158. The standard InChI is InChI=1S/C19H17N3O4/c1-12(24)13-7-9-14(10-8-13)17-21-19(26-22-17)16(11-23)20-18(25)15-5-3-2-4-6-15/h2-10,16,23H,11H2,1H3,(H,20,25)/t16-/m0/s1. The van der Waals surface area contributed by atoms with Gasteiger partial charge in [-0.1, -0.05) is 47.6 Å². The Morgan fingerprint density at radius 1 is 1.08 bits per heavy atom. The number of hydrogen-bond acceptors (Lipinski definition) is 6. The van der Waals surface area contributed by atoms with Crippen molar-refractivity contribution < 1.29 is 19.2 Å². The van der Waals surface area contributed by atoms with E-state index in [1.165, 1.54) is 6.92 Å². The normalized spacial score (nSPS) is 11.8. The fourth-order valence-electron chi connectivity index (χ4n) is 2.36. The largest absolute Gasteiger partial charge is 0.394 e. The van der Waals surface area contributed by atoms with Crippen LogP contribution in [0, 0.1) is 0 Å². The van der Waals surface area contributed by atoms with Crippen LogP contribution in [0.1, 0.15) is 39.6 Å². The van der Waals surface area contributed by atoms with E-state index in [0.29, 0.717) is 22.5 Å². The maximum atomic E-state index is 12.2. The van der Waals surface area contributed by atoms with Gasteiger partial charge >= 0.3 is 0 Å². The van der Waals surface area contributed by atoms with E-state index in [-0.39, 0.29) is 24.2 Å². The van der Waals surface area contributed by atoms with Gasteiger partial charge in [0.05, 0.1) is 6.61 Å². The maximum absolute atomic E-state index is 12.2. The quantitative estimate of drug-likeness (QED) is 0.661. The van der Waals surface area contributed by atoms with E-state index in [1.54, 1.807) is 48.5 Å². The highest BCUT2D eigenvalue weighted by Gasteiger charge is 2.21. The highest BCUT2D eigenvalue weighted by Crippen LogP contribution is 2.20. The first-order valence-corrected chi connectivity index (χ1v) is 8.00. The molecule has 0 aliphatic rings. The summed E-state index contributed by atoms with van der Waals surface area (Å²) in [5, 5.41) is 16.1. The highest BCUT2D eigenvalue weighted by molar-refractivity contribution is 5.94. The topological polar surface area (TPSA) is 105 Å². The van der Waals surface area contributed by atoms with Crippen LogP contribution in [0.2, 0.25) is 0 Å².